The van der Waals surface area contributed by atoms with Crippen LogP contribution in [0, 0.1) is 12.3 Å². The molecule has 0 aliphatic heterocycles. The number of aryl methyl sites for hydroxylation is 1. The lowest BCUT2D eigenvalue weighted by atomic mass is 9.56. The van der Waals surface area contributed by atoms with Gasteiger partial charge in [0, 0.05) is 0 Å². The van der Waals surface area contributed by atoms with Gasteiger partial charge in [-0.15, -0.1) is 0 Å². The standard InChI is InChI=1S/C14H16O2/c1-10-2-4-11(5-3-10)14(12(15)16)8-13(9-14)6-7-13/h2-5H,6-9H2,1H3,(H,15,16). The van der Waals surface area contributed by atoms with Crippen molar-refractivity contribution in [2.45, 2.75) is 38.0 Å². The summed E-state index contributed by atoms with van der Waals surface area (Å²) in [6.07, 6.45) is 4.15. The smallest absolute Gasteiger partial charge is 0.314 e. The summed E-state index contributed by atoms with van der Waals surface area (Å²) in [5.74, 6) is -0.645. The third-order valence-corrected chi connectivity index (χ3v) is 4.32. The summed E-state index contributed by atoms with van der Waals surface area (Å²) < 4.78 is 0. The summed E-state index contributed by atoms with van der Waals surface area (Å²) in [4.78, 5) is 11.5. The summed E-state index contributed by atoms with van der Waals surface area (Å²) in [6, 6.07) is 7.99. The summed E-state index contributed by atoms with van der Waals surface area (Å²) in [5.41, 5.74) is 2.00. The molecule has 2 heteroatoms. The average Bonchev–Trinajstić information content (AvgIpc) is 2.95. The Kier molecular flexibility index (Phi) is 1.78. The fraction of sp³-hybridized carbons (Fsp3) is 0.500. The van der Waals surface area contributed by atoms with Crippen LogP contribution in [-0.2, 0) is 10.2 Å². The van der Waals surface area contributed by atoms with Crippen molar-refractivity contribution < 1.29 is 9.90 Å². The lowest BCUT2D eigenvalue weighted by Crippen LogP contribution is -2.49. The first-order chi connectivity index (χ1) is 7.56. The van der Waals surface area contributed by atoms with E-state index < -0.39 is 11.4 Å². The van der Waals surface area contributed by atoms with E-state index in [1.165, 1.54) is 18.4 Å². The fourth-order valence-electron chi connectivity index (χ4n) is 3.11. The largest absolute Gasteiger partial charge is 0.481 e. The van der Waals surface area contributed by atoms with Gasteiger partial charge in [-0.2, -0.15) is 0 Å². The van der Waals surface area contributed by atoms with Gasteiger partial charge in [0.05, 0.1) is 5.41 Å². The zero-order chi connectivity index (χ0) is 11.4. The molecular weight excluding hydrogens is 200 g/mol. The van der Waals surface area contributed by atoms with Crippen LogP contribution in [-0.4, -0.2) is 11.1 Å². The van der Waals surface area contributed by atoms with Gasteiger partial charge in [-0.3, -0.25) is 4.79 Å². The molecule has 84 valence electrons. The van der Waals surface area contributed by atoms with Crippen LogP contribution in [0.15, 0.2) is 24.3 Å². The maximum Gasteiger partial charge on any atom is 0.314 e. The van der Waals surface area contributed by atoms with Gasteiger partial charge in [0.15, 0.2) is 0 Å². The predicted octanol–water partition coefficient (Wildman–Crippen LogP) is 2.89. The van der Waals surface area contributed by atoms with Crippen molar-refractivity contribution in [2.75, 3.05) is 0 Å². The normalized spacial score (nSPS) is 23.8. The molecule has 1 aromatic rings. The van der Waals surface area contributed by atoms with Crippen molar-refractivity contribution in [3.63, 3.8) is 0 Å². The fourth-order valence-corrected chi connectivity index (χ4v) is 3.11. The summed E-state index contributed by atoms with van der Waals surface area (Å²) >= 11 is 0. The third-order valence-electron chi connectivity index (χ3n) is 4.32. The van der Waals surface area contributed by atoms with Gasteiger partial charge >= 0.3 is 5.97 Å². The van der Waals surface area contributed by atoms with Crippen molar-refractivity contribution in [2.24, 2.45) is 5.41 Å². The minimum Gasteiger partial charge on any atom is -0.481 e. The molecule has 2 saturated carbocycles. The van der Waals surface area contributed by atoms with E-state index in [4.69, 9.17) is 0 Å². The second-order valence-corrected chi connectivity index (χ2v) is 5.61. The molecule has 1 spiro atoms. The third kappa shape index (κ3) is 1.22. The molecular formula is C14H16O2. The second kappa shape index (κ2) is 2.88. The number of aliphatic carboxylic acids is 1. The maximum absolute atomic E-state index is 11.5. The molecule has 1 aromatic carbocycles. The molecule has 0 unspecified atom stereocenters. The first-order valence-electron chi connectivity index (χ1n) is 5.87. The van der Waals surface area contributed by atoms with Crippen LogP contribution in [0.2, 0.25) is 0 Å². The van der Waals surface area contributed by atoms with Gasteiger partial charge in [0.25, 0.3) is 0 Å². The number of carboxylic acids is 1. The Bertz CT molecular complexity index is 432. The van der Waals surface area contributed by atoms with E-state index >= 15 is 0 Å². The van der Waals surface area contributed by atoms with Crippen molar-refractivity contribution in [3.05, 3.63) is 35.4 Å². The van der Waals surface area contributed by atoms with E-state index in [2.05, 4.69) is 0 Å². The van der Waals surface area contributed by atoms with Crippen molar-refractivity contribution in [1.29, 1.82) is 0 Å². The van der Waals surface area contributed by atoms with Crippen LogP contribution < -0.4 is 0 Å². The van der Waals surface area contributed by atoms with Crippen molar-refractivity contribution in [1.82, 2.24) is 0 Å². The van der Waals surface area contributed by atoms with Gasteiger partial charge in [-0.05, 0) is 43.6 Å². The van der Waals surface area contributed by atoms with E-state index in [1.807, 2.05) is 31.2 Å². The first kappa shape index (κ1) is 9.88. The number of hydrogen-bond donors (Lipinski definition) is 1. The average molecular weight is 216 g/mol. The summed E-state index contributed by atoms with van der Waals surface area (Å²) in [6.45, 7) is 2.03. The van der Waals surface area contributed by atoms with Gasteiger partial charge in [0.2, 0.25) is 0 Å². The van der Waals surface area contributed by atoms with Gasteiger partial charge in [-0.25, -0.2) is 0 Å². The number of rotatable bonds is 2. The van der Waals surface area contributed by atoms with E-state index in [0.29, 0.717) is 5.41 Å². The number of benzene rings is 1. The molecule has 1 N–H and O–H groups in total. The Morgan fingerprint density at radius 1 is 1.19 bits per heavy atom. The number of hydrogen-bond acceptors (Lipinski definition) is 1. The van der Waals surface area contributed by atoms with Crippen LogP contribution >= 0.6 is 0 Å². The molecule has 2 aliphatic carbocycles. The van der Waals surface area contributed by atoms with Crippen molar-refractivity contribution in [3.8, 4) is 0 Å². The number of carbonyl (C=O) groups is 1. The highest BCUT2D eigenvalue weighted by Crippen LogP contribution is 2.68. The Labute approximate surface area is 95.3 Å². The van der Waals surface area contributed by atoms with E-state index in [9.17, 15) is 9.90 Å². The quantitative estimate of drug-likeness (QED) is 0.825. The molecule has 0 atom stereocenters. The highest BCUT2D eigenvalue weighted by molar-refractivity contribution is 5.83. The molecule has 16 heavy (non-hydrogen) atoms. The molecule has 2 fully saturated rings. The van der Waals surface area contributed by atoms with Crippen LogP contribution in [0.3, 0.4) is 0 Å². The molecule has 2 aliphatic rings. The summed E-state index contributed by atoms with van der Waals surface area (Å²) in [5, 5.41) is 9.47. The highest BCUT2D eigenvalue weighted by atomic mass is 16.4. The highest BCUT2D eigenvalue weighted by Gasteiger charge is 2.64. The molecule has 0 heterocycles. The Morgan fingerprint density at radius 3 is 2.19 bits per heavy atom. The van der Waals surface area contributed by atoms with Crippen LogP contribution in [0.25, 0.3) is 0 Å². The first-order valence-corrected chi connectivity index (χ1v) is 5.87. The number of carboxylic acid groups (broad SMARTS) is 1. The maximum atomic E-state index is 11.5. The van der Waals surface area contributed by atoms with Gasteiger partial charge < -0.3 is 5.11 Å². The van der Waals surface area contributed by atoms with Gasteiger partial charge in [0.1, 0.15) is 0 Å². The van der Waals surface area contributed by atoms with Crippen LogP contribution in [0.4, 0.5) is 0 Å². The van der Waals surface area contributed by atoms with Crippen LogP contribution in [0.5, 0.6) is 0 Å². The van der Waals surface area contributed by atoms with E-state index in [0.717, 1.165) is 18.4 Å². The lowest BCUT2D eigenvalue weighted by molar-refractivity contribution is -0.150. The van der Waals surface area contributed by atoms with E-state index in [-0.39, 0.29) is 0 Å². The van der Waals surface area contributed by atoms with Crippen LogP contribution in [0.1, 0.15) is 36.8 Å². The Morgan fingerprint density at radius 2 is 1.75 bits per heavy atom. The second-order valence-electron chi connectivity index (χ2n) is 5.61. The van der Waals surface area contributed by atoms with Crippen molar-refractivity contribution >= 4 is 5.97 Å². The molecule has 0 aromatic heterocycles. The Hall–Kier alpha value is -1.31. The minimum atomic E-state index is -0.645. The molecule has 0 amide bonds. The molecule has 0 radical (unpaired) electrons. The molecule has 0 bridgehead atoms. The zero-order valence-electron chi connectivity index (χ0n) is 9.49. The molecule has 0 saturated heterocycles. The topological polar surface area (TPSA) is 37.3 Å². The van der Waals surface area contributed by atoms with Gasteiger partial charge in [-0.1, -0.05) is 29.8 Å². The predicted molar refractivity (Wildman–Crippen MR) is 61.4 cm³/mol. The monoisotopic (exact) mass is 216 g/mol. The molecule has 2 nitrogen and oxygen atoms in total. The summed E-state index contributed by atoms with van der Waals surface area (Å²) in [7, 11) is 0. The Balaban J connectivity index is 1.95. The minimum absolute atomic E-state index is 0.406. The van der Waals surface area contributed by atoms with E-state index in [1.54, 1.807) is 0 Å². The SMILES string of the molecule is Cc1ccc(C2(C(=O)O)CC3(CC3)C2)cc1. The molecule has 3 rings (SSSR count). The lowest BCUT2D eigenvalue weighted by Gasteiger charge is -2.45. The zero-order valence-corrected chi connectivity index (χ0v) is 9.49.